The van der Waals surface area contributed by atoms with E-state index in [-0.39, 0.29) is 0 Å². The molecule has 0 aliphatic carbocycles. The molecule has 2 aromatic rings. The van der Waals surface area contributed by atoms with Gasteiger partial charge in [0.1, 0.15) is 5.01 Å². The van der Waals surface area contributed by atoms with Crippen LogP contribution < -0.4 is 10.6 Å². The molecule has 118 valence electrons. The van der Waals surface area contributed by atoms with Crippen molar-refractivity contribution in [2.75, 3.05) is 13.6 Å². The van der Waals surface area contributed by atoms with Gasteiger partial charge in [-0.3, -0.25) is 4.99 Å². The van der Waals surface area contributed by atoms with Gasteiger partial charge in [0.2, 0.25) is 0 Å². The highest BCUT2D eigenvalue weighted by Gasteiger charge is 2.05. The third-order valence-electron chi connectivity index (χ3n) is 3.31. The first-order chi connectivity index (χ1) is 10.8. The van der Waals surface area contributed by atoms with Crippen molar-refractivity contribution >= 4 is 17.3 Å². The normalized spacial score (nSPS) is 11.5. The molecule has 0 bridgehead atoms. The molecular formula is C17H24N4S. The maximum atomic E-state index is 4.67. The smallest absolute Gasteiger partial charge is 0.191 e. The summed E-state index contributed by atoms with van der Waals surface area (Å²) in [4.78, 5) is 8.91. The van der Waals surface area contributed by atoms with Gasteiger partial charge in [-0.1, -0.05) is 50.1 Å². The molecule has 0 fully saturated rings. The van der Waals surface area contributed by atoms with Crippen LogP contribution in [0.3, 0.4) is 0 Å². The van der Waals surface area contributed by atoms with Crippen molar-refractivity contribution < 1.29 is 0 Å². The molecule has 0 unspecified atom stereocenters. The molecule has 2 N–H and O–H groups in total. The second-order valence-electron chi connectivity index (χ2n) is 5.07. The summed E-state index contributed by atoms with van der Waals surface area (Å²) in [6.07, 6.45) is 3.65. The predicted molar refractivity (Wildman–Crippen MR) is 95.3 cm³/mol. The summed E-state index contributed by atoms with van der Waals surface area (Å²) in [7, 11) is 1.80. The summed E-state index contributed by atoms with van der Waals surface area (Å²) in [6.45, 7) is 3.86. The third kappa shape index (κ3) is 5.15. The average Bonchev–Trinajstić information content (AvgIpc) is 3.04. The van der Waals surface area contributed by atoms with Gasteiger partial charge >= 0.3 is 0 Å². The zero-order valence-corrected chi connectivity index (χ0v) is 14.1. The van der Waals surface area contributed by atoms with Gasteiger partial charge in [0, 0.05) is 24.5 Å². The van der Waals surface area contributed by atoms with E-state index in [4.69, 9.17) is 0 Å². The molecule has 0 spiro atoms. The Labute approximate surface area is 136 Å². The van der Waals surface area contributed by atoms with Crippen molar-refractivity contribution in [2.45, 2.75) is 32.7 Å². The van der Waals surface area contributed by atoms with Crippen LogP contribution in [-0.2, 0) is 6.54 Å². The lowest BCUT2D eigenvalue weighted by Crippen LogP contribution is -2.37. The van der Waals surface area contributed by atoms with Crippen molar-refractivity contribution in [3.05, 3.63) is 41.4 Å². The Hall–Kier alpha value is -1.88. The number of aromatic nitrogens is 1. The van der Waals surface area contributed by atoms with Gasteiger partial charge in [0.05, 0.1) is 12.2 Å². The largest absolute Gasteiger partial charge is 0.356 e. The molecule has 0 atom stereocenters. The Morgan fingerprint density at radius 2 is 2.00 bits per heavy atom. The minimum atomic E-state index is 0.691. The van der Waals surface area contributed by atoms with Crippen molar-refractivity contribution in [1.82, 2.24) is 15.6 Å². The summed E-state index contributed by atoms with van der Waals surface area (Å²) < 4.78 is 0. The minimum Gasteiger partial charge on any atom is -0.356 e. The molecule has 0 saturated carbocycles. The number of thiazole rings is 1. The highest BCUT2D eigenvalue weighted by Crippen LogP contribution is 2.23. The lowest BCUT2D eigenvalue weighted by molar-refractivity contribution is 0.682. The number of aliphatic imine (C=N–C) groups is 1. The molecule has 1 aromatic carbocycles. The molecule has 1 aromatic heterocycles. The van der Waals surface area contributed by atoms with E-state index in [9.17, 15) is 0 Å². The second-order valence-corrected chi connectivity index (χ2v) is 5.93. The Kier molecular flexibility index (Phi) is 6.90. The maximum Gasteiger partial charge on any atom is 0.191 e. The van der Waals surface area contributed by atoms with E-state index >= 15 is 0 Å². The molecule has 0 aliphatic heterocycles. The van der Waals surface area contributed by atoms with Gasteiger partial charge < -0.3 is 10.6 Å². The fourth-order valence-corrected chi connectivity index (χ4v) is 2.90. The minimum absolute atomic E-state index is 0.691. The molecule has 2 rings (SSSR count). The van der Waals surface area contributed by atoms with Crippen molar-refractivity contribution in [2.24, 2.45) is 4.99 Å². The summed E-state index contributed by atoms with van der Waals surface area (Å²) in [6, 6.07) is 10.3. The number of benzene rings is 1. The van der Waals surface area contributed by atoms with Crippen LogP contribution >= 0.6 is 11.3 Å². The van der Waals surface area contributed by atoms with Crippen LogP contribution in [0.2, 0.25) is 0 Å². The second kappa shape index (κ2) is 9.20. The number of nitrogens with one attached hydrogen (secondary N) is 2. The molecule has 1 heterocycles. The maximum absolute atomic E-state index is 4.67. The number of rotatable bonds is 7. The van der Waals surface area contributed by atoms with Gasteiger partial charge in [0.15, 0.2) is 5.96 Å². The third-order valence-corrected chi connectivity index (χ3v) is 4.25. The van der Waals surface area contributed by atoms with E-state index in [0.29, 0.717) is 6.54 Å². The quantitative estimate of drug-likeness (QED) is 0.465. The Balaban J connectivity index is 1.82. The van der Waals surface area contributed by atoms with Crippen LogP contribution in [-0.4, -0.2) is 24.5 Å². The van der Waals surface area contributed by atoms with Crippen molar-refractivity contribution in [3.8, 4) is 10.6 Å². The molecule has 5 heteroatoms. The zero-order valence-electron chi connectivity index (χ0n) is 13.3. The number of unbranched alkanes of at least 4 members (excludes halogenated alkanes) is 2. The first-order valence-corrected chi connectivity index (χ1v) is 8.65. The van der Waals surface area contributed by atoms with E-state index in [1.165, 1.54) is 24.8 Å². The van der Waals surface area contributed by atoms with Gasteiger partial charge in [-0.25, -0.2) is 4.98 Å². The van der Waals surface area contributed by atoms with Crippen LogP contribution in [0.25, 0.3) is 10.6 Å². The Bertz CT molecular complexity index is 577. The molecular weight excluding hydrogens is 292 g/mol. The van der Waals surface area contributed by atoms with E-state index < -0.39 is 0 Å². The molecule has 0 radical (unpaired) electrons. The number of hydrogen-bond donors (Lipinski definition) is 2. The van der Waals surface area contributed by atoms with Gasteiger partial charge in [-0.05, 0) is 6.42 Å². The predicted octanol–water partition coefficient (Wildman–Crippen LogP) is 3.67. The SMILES string of the molecule is CCCCCNC(=NC)NCc1csc(-c2ccccc2)n1. The first kappa shape index (κ1) is 16.5. The Morgan fingerprint density at radius 3 is 2.73 bits per heavy atom. The summed E-state index contributed by atoms with van der Waals surface area (Å²) in [5.41, 5.74) is 2.21. The lowest BCUT2D eigenvalue weighted by atomic mass is 10.2. The molecule has 0 saturated heterocycles. The first-order valence-electron chi connectivity index (χ1n) is 7.77. The number of guanidine groups is 1. The standard InChI is InChI=1S/C17H24N4S/c1-3-4-8-11-19-17(18-2)20-12-15-13-22-16(21-15)14-9-6-5-7-10-14/h5-7,9-10,13H,3-4,8,11-12H2,1-2H3,(H2,18,19,20). The molecule has 0 amide bonds. The van der Waals surface area contributed by atoms with Crippen LogP contribution in [0, 0.1) is 0 Å². The summed E-state index contributed by atoms with van der Waals surface area (Å²) in [5.74, 6) is 0.838. The van der Waals surface area contributed by atoms with E-state index in [0.717, 1.165) is 23.2 Å². The lowest BCUT2D eigenvalue weighted by Gasteiger charge is -2.10. The highest BCUT2D eigenvalue weighted by atomic mass is 32.1. The van der Waals surface area contributed by atoms with Crippen LogP contribution in [0.4, 0.5) is 0 Å². The van der Waals surface area contributed by atoms with E-state index in [1.807, 2.05) is 18.2 Å². The fourth-order valence-electron chi connectivity index (χ4n) is 2.08. The van der Waals surface area contributed by atoms with Crippen LogP contribution in [0.15, 0.2) is 40.7 Å². The van der Waals surface area contributed by atoms with Gasteiger partial charge in [-0.2, -0.15) is 0 Å². The summed E-state index contributed by atoms with van der Waals surface area (Å²) >= 11 is 1.67. The zero-order chi connectivity index (χ0) is 15.6. The number of nitrogens with zero attached hydrogens (tertiary/aromatic N) is 2. The fraction of sp³-hybridized carbons (Fsp3) is 0.412. The van der Waals surface area contributed by atoms with E-state index in [2.05, 4.69) is 45.0 Å². The van der Waals surface area contributed by atoms with Crippen LogP contribution in [0.5, 0.6) is 0 Å². The topological polar surface area (TPSA) is 49.3 Å². The van der Waals surface area contributed by atoms with E-state index in [1.54, 1.807) is 18.4 Å². The van der Waals surface area contributed by atoms with Gasteiger partial charge in [0.25, 0.3) is 0 Å². The molecule has 4 nitrogen and oxygen atoms in total. The number of hydrogen-bond acceptors (Lipinski definition) is 3. The van der Waals surface area contributed by atoms with Crippen LogP contribution in [0.1, 0.15) is 31.9 Å². The van der Waals surface area contributed by atoms with Crippen molar-refractivity contribution in [1.29, 1.82) is 0 Å². The van der Waals surface area contributed by atoms with Gasteiger partial charge in [-0.15, -0.1) is 11.3 Å². The van der Waals surface area contributed by atoms with Crippen molar-refractivity contribution in [3.63, 3.8) is 0 Å². The highest BCUT2D eigenvalue weighted by molar-refractivity contribution is 7.13. The summed E-state index contributed by atoms with van der Waals surface area (Å²) in [5, 5.41) is 9.79. The molecule has 22 heavy (non-hydrogen) atoms. The Morgan fingerprint density at radius 1 is 1.18 bits per heavy atom. The molecule has 0 aliphatic rings. The monoisotopic (exact) mass is 316 g/mol. The average molecular weight is 316 g/mol.